The Kier molecular flexibility index (Phi) is 7.77. The molecule has 1 saturated heterocycles. The van der Waals surface area contributed by atoms with Gasteiger partial charge in [0.1, 0.15) is 5.75 Å². The second-order valence-electron chi connectivity index (χ2n) is 6.18. The minimum Gasteiger partial charge on any atom is -0.435 e. The minimum absolute atomic E-state index is 0.00456. The van der Waals surface area contributed by atoms with Crippen LogP contribution in [0.2, 0.25) is 0 Å². The van der Waals surface area contributed by atoms with Crippen molar-refractivity contribution in [2.45, 2.75) is 26.4 Å². The zero-order chi connectivity index (χ0) is 18.9. The van der Waals surface area contributed by atoms with E-state index in [2.05, 4.69) is 17.0 Å². The fraction of sp³-hybridized carbons (Fsp3) is 0.556. The van der Waals surface area contributed by atoms with Gasteiger partial charge >= 0.3 is 6.61 Å². The van der Waals surface area contributed by atoms with Gasteiger partial charge in [0.05, 0.1) is 6.54 Å². The fourth-order valence-corrected chi connectivity index (χ4v) is 2.76. The van der Waals surface area contributed by atoms with E-state index in [0.717, 1.165) is 12.8 Å². The van der Waals surface area contributed by atoms with Gasteiger partial charge in [0, 0.05) is 38.3 Å². The molecule has 0 atom stereocenters. The van der Waals surface area contributed by atoms with Gasteiger partial charge in [-0.2, -0.15) is 8.78 Å². The smallest absolute Gasteiger partial charge is 0.387 e. The number of rotatable bonds is 8. The molecule has 8 heteroatoms. The van der Waals surface area contributed by atoms with E-state index in [1.807, 2.05) is 4.90 Å². The average molecular weight is 369 g/mol. The van der Waals surface area contributed by atoms with E-state index in [1.165, 1.54) is 18.2 Å². The van der Waals surface area contributed by atoms with Crippen LogP contribution in [0.1, 0.15) is 30.1 Å². The van der Waals surface area contributed by atoms with Crippen molar-refractivity contribution in [1.29, 1.82) is 0 Å². The molecular weight excluding hydrogens is 344 g/mol. The average Bonchev–Trinajstić information content (AvgIpc) is 2.61. The number of hydrogen-bond acceptors (Lipinski definition) is 4. The largest absolute Gasteiger partial charge is 0.435 e. The van der Waals surface area contributed by atoms with E-state index in [-0.39, 0.29) is 17.6 Å². The number of benzene rings is 1. The first-order valence-corrected chi connectivity index (χ1v) is 8.82. The van der Waals surface area contributed by atoms with Crippen molar-refractivity contribution in [2.75, 3.05) is 39.3 Å². The highest BCUT2D eigenvalue weighted by atomic mass is 19.3. The van der Waals surface area contributed by atoms with Crippen LogP contribution in [0.25, 0.3) is 0 Å². The molecule has 2 amide bonds. The summed E-state index contributed by atoms with van der Waals surface area (Å²) in [7, 11) is 0. The van der Waals surface area contributed by atoms with E-state index in [1.54, 1.807) is 11.0 Å². The fourth-order valence-electron chi connectivity index (χ4n) is 2.76. The molecule has 0 spiro atoms. The van der Waals surface area contributed by atoms with Crippen molar-refractivity contribution in [3.63, 3.8) is 0 Å². The molecule has 0 aliphatic carbocycles. The topological polar surface area (TPSA) is 61.9 Å². The first-order chi connectivity index (χ1) is 12.5. The molecule has 1 aromatic carbocycles. The number of ether oxygens (including phenoxy) is 1. The molecule has 0 aromatic heterocycles. The third kappa shape index (κ3) is 6.25. The molecule has 0 bridgehead atoms. The summed E-state index contributed by atoms with van der Waals surface area (Å²) >= 11 is 0. The van der Waals surface area contributed by atoms with E-state index < -0.39 is 6.61 Å². The summed E-state index contributed by atoms with van der Waals surface area (Å²) in [6.07, 6.45) is 1.99. The molecule has 0 unspecified atom stereocenters. The van der Waals surface area contributed by atoms with E-state index >= 15 is 0 Å². The summed E-state index contributed by atoms with van der Waals surface area (Å²) in [5.41, 5.74) is 0.314. The number of unbranched alkanes of at least 4 members (excludes halogenated alkanes) is 1. The summed E-state index contributed by atoms with van der Waals surface area (Å²) in [4.78, 5) is 28.0. The van der Waals surface area contributed by atoms with Gasteiger partial charge in [0.15, 0.2) is 0 Å². The Balaban J connectivity index is 1.82. The molecule has 1 aromatic rings. The number of carbonyl (C=O) groups is 2. The summed E-state index contributed by atoms with van der Waals surface area (Å²) in [6, 6.07) is 5.80. The van der Waals surface area contributed by atoms with Crippen LogP contribution in [0.15, 0.2) is 24.3 Å². The maximum absolute atomic E-state index is 12.5. The molecule has 26 heavy (non-hydrogen) atoms. The van der Waals surface area contributed by atoms with Crippen LogP contribution in [0.5, 0.6) is 5.75 Å². The van der Waals surface area contributed by atoms with Crippen LogP contribution in [-0.4, -0.2) is 67.5 Å². The standard InChI is InChI=1S/C18H25F2N3O3/c1-2-3-7-21-16(24)13-22-8-10-23(11-9-22)17(25)14-5-4-6-15(12-14)26-18(19)20/h4-6,12,18H,2-3,7-11,13H2,1H3,(H,21,24). The van der Waals surface area contributed by atoms with Crippen LogP contribution in [-0.2, 0) is 4.79 Å². The quantitative estimate of drug-likeness (QED) is 0.712. The number of nitrogens with one attached hydrogen (secondary N) is 1. The summed E-state index contributed by atoms with van der Waals surface area (Å²) in [5, 5.41) is 2.88. The molecule has 1 heterocycles. The Morgan fingerprint density at radius 3 is 2.62 bits per heavy atom. The zero-order valence-electron chi connectivity index (χ0n) is 14.9. The van der Waals surface area contributed by atoms with Gasteiger partial charge in [-0.05, 0) is 24.6 Å². The van der Waals surface area contributed by atoms with Gasteiger partial charge in [-0.3, -0.25) is 14.5 Å². The molecular formula is C18H25F2N3O3. The van der Waals surface area contributed by atoms with Crippen LogP contribution in [0.3, 0.4) is 0 Å². The SMILES string of the molecule is CCCCNC(=O)CN1CCN(C(=O)c2cccc(OC(F)F)c2)CC1. The van der Waals surface area contributed by atoms with Gasteiger partial charge in [0.2, 0.25) is 5.91 Å². The van der Waals surface area contributed by atoms with Crippen molar-refractivity contribution in [3.05, 3.63) is 29.8 Å². The summed E-state index contributed by atoms with van der Waals surface area (Å²) in [6.45, 7) is 2.32. The first-order valence-electron chi connectivity index (χ1n) is 8.82. The lowest BCUT2D eigenvalue weighted by atomic mass is 10.1. The number of amides is 2. The number of alkyl halides is 2. The van der Waals surface area contributed by atoms with Gasteiger partial charge in [0.25, 0.3) is 5.91 Å². The lowest BCUT2D eigenvalue weighted by Crippen LogP contribution is -2.51. The first kappa shape index (κ1) is 20.1. The minimum atomic E-state index is -2.92. The van der Waals surface area contributed by atoms with Crippen LogP contribution >= 0.6 is 0 Å². The lowest BCUT2D eigenvalue weighted by molar-refractivity contribution is -0.122. The number of hydrogen-bond donors (Lipinski definition) is 1. The van der Waals surface area contributed by atoms with Crippen molar-refractivity contribution in [1.82, 2.24) is 15.1 Å². The lowest BCUT2D eigenvalue weighted by Gasteiger charge is -2.34. The summed E-state index contributed by atoms with van der Waals surface area (Å²) in [5.74, 6) is -0.264. The molecule has 6 nitrogen and oxygen atoms in total. The van der Waals surface area contributed by atoms with Crippen LogP contribution < -0.4 is 10.1 Å². The maximum atomic E-state index is 12.5. The molecule has 1 fully saturated rings. The van der Waals surface area contributed by atoms with E-state index in [0.29, 0.717) is 44.8 Å². The molecule has 2 rings (SSSR count). The zero-order valence-corrected chi connectivity index (χ0v) is 14.9. The molecule has 0 saturated carbocycles. The Morgan fingerprint density at radius 1 is 1.23 bits per heavy atom. The van der Waals surface area contributed by atoms with Gasteiger partial charge in [-0.1, -0.05) is 19.4 Å². The Labute approximate surface area is 152 Å². The highest BCUT2D eigenvalue weighted by Gasteiger charge is 2.23. The summed E-state index contributed by atoms with van der Waals surface area (Å²) < 4.78 is 28.9. The van der Waals surface area contributed by atoms with Crippen molar-refractivity contribution >= 4 is 11.8 Å². The number of piperazine rings is 1. The molecule has 144 valence electrons. The van der Waals surface area contributed by atoms with Gasteiger partial charge < -0.3 is 15.0 Å². The number of nitrogens with zero attached hydrogens (tertiary/aromatic N) is 2. The maximum Gasteiger partial charge on any atom is 0.387 e. The third-order valence-corrected chi connectivity index (χ3v) is 4.19. The highest BCUT2D eigenvalue weighted by molar-refractivity contribution is 5.94. The van der Waals surface area contributed by atoms with Crippen LogP contribution in [0, 0.1) is 0 Å². The predicted molar refractivity (Wildman–Crippen MR) is 93.3 cm³/mol. The van der Waals surface area contributed by atoms with Crippen molar-refractivity contribution in [2.24, 2.45) is 0 Å². The van der Waals surface area contributed by atoms with Crippen molar-refractivity contribution < 1.29 is 23.1 Å². The van der Waals surface area contributed by atoms with Crippen LogP contribution in [0.4, 0.5) is 8.78 Å². The Hall–Kier alpha value is -2.22. The van der Waals surface area contributed by atoms with Gasteiger partial charge in [-0.15, -0.1) is 0 Å². The molecule has 1 aliphatic heterocycles. The Morgan fingerprint density at radius 2 is 1.96 bits per heavy atom. The molecule has 1 aliphatic rings. The predicted octanol–water partition coefficient (Wildman–Crippen LogP) is 1.96. The second kappa shape index (κ2) is 10.1. The number of carbonyl (C=O) groups excluding carboxylic acids is 2. The van der Waals surface area contributed by atoms with Crippen molar-refractivity contribution in [3.8, 4) is 5.75 Å². The van der Waals surface area contributed by atoms with E-state index in [9.17, 15) is 18.4 Å². The van der Waals surface area contributed by atoms with Gasteiger partial charge in [-0.25, -0.2) is 0 Å². The second-order valence-corrected chi connectivity index (χ2v) is 6.18. The van der Waals surface area contributed by atoms with E-state index in [4.69, 9.17) is 0 Å². The molecule has 1 N–H and O–H groups in total. The highest BCUT2D eigenvalue weighted by Crippen LogP contribution is 2.18. The normalized spacial score (nSPS) is 15.2. The molecule has 0 radical (unpaired) electrons. The Bertz CT molecular complexity index is 605. The third-order valence-electron chi connectivity index (χ3n) is 4.19. The number of halogens is 2. The monoisotopic (exact) mass is 369 g/mol.